The van der Waals surface area contributed by atoms with Gasteiger partial charge in [-0.2, -0.15) is 0 Å². The summed E-state index contributed by atoms with van der Waals surface area (Å²) in [4.78, 5) is 23.5. The first kappa shape index (κ1) is 14.4. The zero-order chi connectivity index (χ0) is 14.9. The molecule has 0 aromatic heterocycles. The molecule has 0 aliphatic heterocycles. The van der Waals surface area contributed by atoms with E-state index in [9.17, 15) is 19.8 Å². The molecule has 5 nitrogen and oxygen atoms in total. The molecule has 20 heavy (non-hydrogen) atoms. The number of rotatable bonds is 3. The summed E-state index contributed by atoms with van der Waals surface area (Å²) in [6.07, 6.45) is 2.01. The normalized spacial score (nSPS) is 25.4. The second-order valence-electron chi connectivity index (χ2n) is 5.64. The molecule has 1 saturated carbocycles. The van der Waals surface area contributed by atoms with Crippen molar-refractivity contribution in [3.05, 3.63) is 29.3 Å². The van der Waals surface area contributed by atoms with E-state index in [1.165, 1.54) is 6.07 Å². The van der Waals surface area contributed by atoms with E-state index in [1.54, 1.807) is 26.0 Å². The van der Waals surface area contributed by atoms with E-state index in [0.717, 1.165) is 6.42 Å². The molecule has 1 aliphatic carbocycles. The molecule has 2 unspecified atom stereocenters. The molecule has 1 fully saturated rings. The van der Waals surface area contributed by atoms with Crippen LogP contribution in [0.3, 0.4) is 0 Å². The molecule has 1 aliphatic rings. The third kappa shape index (κ3) is 2.48. The first-order valence-electron chi connectivity index (χ1n) is 6.68. The number of amides is 1. The fourth-order valence-corrected chi connectivity index (χ4v) is 2.65. The summed E-state index contributed by atoms with van der Waals surface area (Å²) in [7, 11) is 0. The van der Waals surface area contributed by atoms with Crippen LogP contribution >= 0.6 is 0 Å². The molecule has 3 N–H and O–H groups in total. The first-order chi connectivity index (χ1) is 9.34. The topological polar surface area (TPSA) is 86.6 Å². The number of aryl methyl sites for hydroxylation is 1. The Balaban J connectivity index is 2.15. The van der Waals surface area contributed by atoms with Gasteiger partial charge >= 0.3 is 5.97 Å². The van der Waals surface area contributed by atoms with Crippen LogP contribution in [0.5, 0.6) is 5.75 Å². The molecule has 1 aromatic carbocycles. The van der Waals surface area contributed by atoms with Crippen LogP contribution in [-0.2, 0) is 4.79 Å². The Morgan fingerprint density at radius 2 is 2.10 bits per heavy atom. The summed E-state index contributed by atoms with van der Waals surface area (Å²) in [5, 5.41) is 21.7. The van der Waals surface area contributed by atoms with Gasteiger partial charge in [-0.1, -0.05) is 12.5 Å². The first-order valence-corrected chi connectivity index (χ1v) is 6.68. The summed E-state index contributed by atoms with van der Waals surface area (Å²) in [5.41, 5.74) is 0.119. The van der Waals surface area contributed by atoms with E-state index in [4.69, 9.17) is 0 Å². The highest BCUT2D eigenvalue weighted by molar-refractivity contribution is 5.95. The van der Waals surface area contributed by atoms with Gasteiger partial charge in [-0.25, -0.2) is 0 Å². The van der Waals surface area contributed by atoms with Crippen molar-refractivity contribution in [3.8, 4) is 5.75 Å². The Labute approximate surface area is 117 Å². The summed E-state index contributed by atoms with van der Waals surface area (Å²) in [6.45, 7) is 3.41. The predicted molar refractivity (Wildman–Crippen MR) is 73.7 cm³/mol. The highest BCUT2D eigenvalue weighted by atomic mass is 16.4. The molecule has 5 heteroatoms. The molecule has 0 saturated heterocycles. The van der Waals surface area contributed by atoms with Crippen molar-refractivity contribution >= 4 is 11.9 Å². The van der Waals surface area contributed by atoms with Gasteiger partial charge < -0.3 is 15.5 Å². The van der Waals surface area contributed by atoms with Crippen molar-refractivity contribution in [2.24, 2.45) is 5.41 Å². The standard InChI is InChI=1S/C15H19NO4/c1-9-5-6-10(8-11(9)17)13(18)16-12-4-3-7-15(12,2)14(19)20/h5-6,8,12,17H,3-4,7H2,1-2H3,(H,16,18)(H,19,20). The number of carbonyl (C=O) groups is 2. The van der Waals surface area contributed by atoms with Crippen molar-refractivity contribution in [2.45, 2.75) is 39.2 Å². The van der Waals surface area contributed by atoms with Crippen LogP contribution in [0.15, 0.2) is 18.2 Å². The molecule has 0 bridgehead atoms. The number of carboxylic acid groups (broad SMARTS) is 1. The van der Waals surface area contributed by atoms with E-state index >= 15 is 0 Å². The number of aromatic hydroxyl groups is 1. The molecule has 1 aromatic rings. The average molecular weight is 277 g/mol. The van der Waals surface area contributed by atoms with Crippen LogP contribution < -0.4 is 5.32 Å². The number of hydrogen-bond donors (Lipinski definition) is 3. The summed E-state index contributed by atoms with van der Waals surface area (Å²) < 4.78 is 0. The van der Waals surface area contributed by atoms with Crippen molar-refractivity contribution in [1.82, 2.24) is 5.32 Å². The monoisotopic (exact) mass is 277 g/mol. The number of phenolic OH excluding ortho intramolecular Hbond substituents is 1. The number of benzene rings is 1. The lowest BCUT2D eigenvalue weighted by Crippen LogP contribution is -2.47. The number of hydrogen-bond acceptors (Lipinski definition) is 3. The Morgan fingerprint density at radius 3 is 2.70 bits per heavy atom. The number of nitrogens with one attached hydrogen (secondary N) is 1. The van der Waals surface area contributed by atoms with Crippen LogP contribution in [0.1, 0.15) is 42.1 Å². The van der Waals surface area contributed by atoms with E-state index in [2.05, 4.69) is 5.32 Å². The van der Waals surface area contributed by atoms with Gasteiger partial charge in [0.25, 0.3) is 5.91 Å². The zero-order valence-electron chi connectivity index (χ0n) is 11.6. The van der Waals surface area contributed by atoms with E-state index in [1.807, 2.05) is 0 Å². The SMILES string of the molecule is Cc1ccc(C(=O)NC2CCCC2(C)C(=O)O)cc1O. The molecule has 2 rings (SSSR count). The second-order valence-corrected chi connectivity index (χ2v) is 5.64. The van der Waals surface area contributed by atoms with Gasteiger partial charge in [0.2, 0.25) is 0 Å². The molecule has 2 atom stereocenters. The quantitative estimate of drug-likeness (QED) is 0.789. The minimum absolute atomic E-state index is 0.0602. The predicted octanol–water partition coefficient (Wildman–Crippen LogP) is 2.07. The van der Waals surface area contributed by atoms with Crippen molar-refractivity contribution < 1.29 is 19.8 Å². The molecule has 0 radical (unpaired) electrons. The van der Waals surface area contributed by atoms with E-state index in [0.29, 0.717) is 24.0 Å². The van der Waals surface area contributed by atoms with Crippen LogP contribution in [0.25, 0.3) is 0 Å². The lowest BCUT2D eigenvalue weighted by atomic mass is 9.85. The Bertz CT molecular complexity index is 555. The van der Waals surface area contributed by atoms with Gasteiger partial charge in [-0.3, -0.25) is 9.59 Å². The minimum Gasteiger partial charge on any atom is -0.508 e. The van der Waals surface area contributed by atoms with Gasteiger partial charge in [0.05, 0.1) is 5.41 Å². The lowest BCUT2D eigenvalue weighted by Gasteiger charge is -2.27. The van der Waals surface area contributed by atoms with Gasteiger partial charge in [0.1, 0.15) is 5.75 Å². The average Bonchev–Trinajstić information content (AvgIpc) is 2.75. The highest BCUT2D eigenvalue weighted by Gasteiger charge is 2.45. The van der Waals surface area contributed by atoms with Crippen molar-refractivity contribution in [2.75, 3.05) is 0 Å². The number of aliphatic carboxylic acids is 1. The van der Waals surface area contributed by atoms with Crippen molar-refractivity contribution in [1.29, 1.82) is 0 Å². The molecule has 0 spiro atoms. The largest absolute Gasteiger partial charge is 0.508 e. The third-order valence-corrected chi connectivity index (χ3v) is 4.22. The Morgan fingerprint density at radius 1 is 1.40 bits per heavy atom. The fourth-order valence-electron chi connectivity index (χ4n) is 2.65. The third-order valence-electron chi connectivity index (χ3n) is 4.22. The van der Waals surface area contributed by atoms with E-state index in [-0.39, 0.29) is 17.7 Å². The number of carbonyl (C=O) groups excluding carboxylic acids is 1. The number of carboxylic acids is 1. The zero-order valence-corrected chi connectivity index (χ0v) is 11.6. The van der Waals surface area contributed by atoms with E-state index < -0.39 is 11.4 Å². The maximum Gasteiger partial charge on any atom is 0.311 e. The minimum atomic E-state index is -0.914. The summed E-state index contributed by atoms with van der Waals surface area (Å²) >= 11 is 0. The van der Waals surface area contributed by atoms with Gasteiger partial charge in [-0.15, -0.1) is 0 Å². The second kappa shape index (κ2) is 5.15. The van der Waals surface area contributed by atoms with Crippen molar-refractivity contribution in [3.63, 3.8) is 0 Å². The maximum atomic E-state index is 12.2. The summed E-state index contributed by atoms with van der Waals surface area (Å²) in [5.74, 6) is -1.17. The fraction of sp³-hybridized carbons (Fsp3) is 0.467. The molecule has 0 heterocycles. The Kier molecular flexibility index (Phi) is 3.70. The molecular formula is C15H19NO4. The smallest absolute Gasteiger partial charge is 0.311 e. The van der Waals surface area contributed by atoms with Gasteiger partial charge in [0, 0.05) is 11.6 Å². The van der Waals surface area contributed by atoms with Gasteiger partial charge in [-0.05, 0) is 44.4 Å². The highest BCUT2D eigenvalue weighted by Crippen LogP contribution is 2.38. The molecule has 108 valence electrons. The lowest BCUT2D eigenvalue weighted by molar-refractivity contribution is -0.148. The molecule has 1 amide bonds. The van der Waals surface area contributed by atoms with Crippen LogP contribution in [0, 0.1) is 12.3 Å². The van der Waals surface area contributed by atoms with Crippen LogP contribution in [0.4, 0.5) is 0 Å². The molecular weight excluding hydrogens is 258 g/mol. The number of phenols is 1. The summed E-state index contributed by atoms with van der Waals surface area (Å²) in [6, 6.07) is 4.31. The van der Waals surface area contributed by atoms with Crippen LogP contribution in [-0.4, -0.2) is 28.1 Å². The Hall–Kier alpha value is -2.04. The maximum absolute atomic E-state index is 12.2. The van der Waals surface area contributed by atoms with Crippen LogP contribution in [0.2, 0.25) is 0 Å². The van der Waals surface area contributed by atoms with Gasteiger partial charge in [0.15, 0.2) is 0 Å².